The average Bonchev–Trinajstić information content (AvgIpc) is 2.39. The minimum atomic E-state index is 0.153. The number of hydrogen-bond donors (Lipinski definition) is 0. The van der Waals surface area contributed by atoms with E-state index in [4.69, 9.17) is 0 Å². The number of rotatable bonds is 5. The smallest absolute Gasteiger partial charge is 0.258 e. The summed E-state index contributed by atoms with van der Waals surface area (Å²) in [7, 11) is 0. The monoisotopic (exact) mass is 243 g/mol. The third kappa shape index (κ3) is 2.47. The van der Waals surface area contributed by atoms with Crippen molar-refractivity contribution in [1.29, 1.82) is 0 Å². The number of nitrogens with zero attached hydrogens (tertiary/aromatic N) is 1. The molecular formula is C16H21NO. The van der Waals surface area contributed by atoms with Gasteiger partial charge in [-0.1, -0.05) is 44.9 Å². The first-order valence-corrected chi connectivity index (χ1v) is 6.87. The first kappa shape index (κ1) is 12.9. The van der Waals surface area contributed by atoms with Gasteiger partial charge in [-0.25, -0.2) is 0 Å². The van der Waals surface area contributed by atoms with Gasteiger partial charge >= 0.3 is 0 Å². The molecular weight excluding hydrogens is 222 g/mol. The van der Waals surface area contributed by atoms with Crippen LogP contribution in [0.2, 0.25) is 0 Å². The van der Waals surface area contributed by atoms with Crippen molar-refractivity contribution in [2.24, 2.45) is 0 Å². The van der Waals surface area contributed by atoms with E-state index in [1.807, 2.05) is 35.0 Å². The van der Waals surface area contributed by atoms with E-state index in [0.29, 0.717) is 6.04 Å². The summed E-state index contributed by atoms with van der Waals surface area (Å²) in [5.74, 6) is 0. The van der Waals surface area contributed by atoms with Gasteiger partial charge in [0.2, 0.25) is 0 Å². The number of pyridine rings is 1. The van der Waals surface area contributed by atoms with Gasteiger partial charge in [-0.3, -0.25) is 4.79 Å². The third-order valence-corrected chi connectivity index (χ3v) is 3.48. The van der Waals surface area contributed by atoms with Gasteiger partial charge in [0.1, 0.15) is 0 Å². The Kier molecular flexibility index (Phi) is 4.19. The van der Waals surface area contributed by atoms with E-state index in [9.17, 15) is 4.79 Å². The molecule has 2 rings (SSSR count). The molecule has 0 aliphatic rings. The van der Waals surface area contributed by atoms with Crippen LogP contribution in [0.4, 0.5) is 0 Å². The molecule has 2 nitrogen and oxygen atoms in total. The van der Waals surface area contributed by atoms with Crippen LogP contribution in [0.15, 0.2) is 41.3 Å². The molecule has 0 aliphatic carbocycles. The van der Waals surface area contributed by atoms with Crippen molar-refractivity contribution in [2.45, 2.75) is 45.6 Å². The molecule has 0 unspecified atom stereocenters. The van der Waals surface area contributed by atoms with Gasteiger partial charge < -0.3 is 4.57 Å². The van der Waals surface area contributed by atoms with Gasteiger partial charge in [0.15, 0.2) is 0 Å². The molecule has 0 spiro atoms. The molecule has 2 heteroatoms. The fraction of sp³-hybridized carbons (Fsp3) is 0.438. The van der Waals surface area contributed by atoms with Crippen LogP contribution in [0.1, 0.15) is 45.6 Å². The lowest BCUT2D eigenvalue weighted by molar-refractivity contribution is 0.418. The highest BCUT2D eigenvalue weighted by Crippen LogP contribution is 2.19. The van der Waals surface area contributed by atoms with Crippen molar-refractivity contribution < 1.29 is 0 Å². The molecule has 1 aromatic carbocycles. The van der Waals surface area contributed by atoms with Crippen LogP contribution in [-0.2, 0) is 0 Å². The highest BCUT2D eigenvalue weighted by molar-refractivity contribution is 5.81. The van der Waals surface area contributed by atoms with Crippen molar-refractivity contribution in [3.05, 3.63) is 46.9 Å². The van der Waals surface area contributed by atoms with E-state index in [-0.39, 0.29) is 5.56 Å². The van der Waals surface area contributed by atoms with Crippen molar-refractivity contribution in [3.63, 3.8) is 0 Å². The SMILES string of the molecule is CCCC(CCC)n1ccc2ccccc2c1=O. The Hall–Kier alpha value is -1.57. The minimum absolute atomic E-state index is 0.153. The largest absolute Gasteiger partial charge is 0.312 e. The molecule has 1 heterocycles. The van der Waals surface area contributed by atoms with E-state index in [0.717, 1.165) is 36.5 Å². The second kappa shape index (κ2) is 5.85. The van der Waals surface area contributed by atoms with Crippen molar-refractivity contribution in [2.75, 3.05) is 0 Å². The molecule has 0 amide bonds. The first-order chi connectivity index (χ1) is 8.77. The molecule has 0 saturated carbocycles. The van der Waals surface area contributed by atoms with E-state index in [1.165, 1.54) is 0 Å². The summed E-state index contributed by atoms with van der Waals surface area (Å²) in [6, 6.07) is 10.2. The molecule has 0 fully saturated rings. The predicted octanol–water partition coefficient (Wildman–Crippen LogP) is 4.14. The molecule has 18 heavy (non-hydrogen) atoms. The fourth-order valence-corrected chi connectivity index (χ4v) is 2.58. The number of benzene rings is 1. The minimum Gasteiger partial charge on any atom is -0.312 e. The van der Waals surface area contributed by atoms with Gasteiger partial charge in [0.05, 0.1) is 0 Å². The molecule has 96 valence electrons. The van der Waals surface area contributed by atoms with E-state index < -0.39 is 0 Å². The van der Waals surface area contributed by atoms with Crippen molar-refractivity contribution >= 4 is 10.8 Å². The lowest BCUT2D eigenvalue weighted by Crippen LogP contribution is -2.24. The van der Waals surface area contributed by atoms with Gasteiger partial charge in [0, 0.05) is 17.6 Å². The summed E-state index contributed by atoms with van der Waals surface area (Å²) in [4.78, 5) is 12.5. The summed E-state index contributed by atoms with van der Waals surface area (Å²) < 4.78 is 1.93. The summed E-state index contributed by atoms with van der Waals surface area (Å²) in [5, 5.41) is 1.86. The van der Waals surface area contributed by atoms with Crippen LogP contribution >= 0.6 is 0 Å². The number of fused-ring (bicyclic) bond motifs is 1. The van der Waals surface area contributed by atoms with Gasteiger partial charge in [0.25, 0.3) is 5.56 Å². The molecule has 0 bridgehead atoms. The highest BCUT2D eigenvalue weighted by atomic mass is 16.1. The van der Waals surface area contributed by atoms with Crippen LogP contribution in [-0.4, -0.2) is 4.57 Å². The van der Waals surface area contributed by atoms with Crippen LogP contribution in [0, 0.1) is 0 Å². The Morgan fingerprint density at radius 3 is 2.39 bits per heavy atom. The molecule has 0 saturated heterocycles. The summed E-state index contributed by atoms with van der Waals surface area (Å²) in [6.07, 6.45) is 6.34. The lowest BCUT2D eigenvalue weighted by atomic mass is 10.1. The van der Waals surface area contributed by atoms with Gasteiger partial charge in [-0.2, -0.15) is 0 Å². The second-order valence-electron chi connectivity index (χ2n) is 4.85. The van der Waals surface area contributed by atoms with Crippen LogP contribution in [0.3, 0.4) is 0 Å². The maximum absolute atomic E-state index is 12.5. The lowest BCUT2D eigenvalue weighted by Gasteiger charge is -2.19. The Bertz CT molecular complexity index is 565. The Morgan fingerprint density at radius 1 is 1.06 bits per heavy atom. The third-order valence-electron chi connectivity index (χ3n) is 3.48. The van der Waals surface area contributed by atoms with Crippen LogP contribution < -0.4 is 5.56 Å². The summed E-state index contributed by atoms with van der Waals surface area (Å²) in [5.41, 5.74) is 0.153. The second-order valence-corrected chi connectivity index (χ2v) is 4.85. The van der Waals surface area contributed by atoms with E-state index in [1.54, 1.807) is 0 Å². The molecule has 2 aromatic rings. The predicted molar refractivity (Wildman–Crippen MR) is 77.1 cm³/mol. The average molecular weight is 243 g/mol. The zero-order valence-electron chi connectivity index (χ0n) is 11.2. The quantitative estimate of drug-likeness (QED) is 0.773. The topological polar surface area (TPSA) is 22.0 Å². The van der Waals surface area contributed by atoms with Crippen LogP contribution in [0.5, 0.6) is 0 Å². The normalized spacial score (nSPS) is 11.3. The van der Waals surface area contributed by atoms with E-state index >= 15 is 0 Å². The first-order valence-electron chi connectivity index (χ1n) is 6.87. The van der Waals surface area contributed by atoms with E-state index in [2.05, 4.69) is 19.9 Å². The zero-order chi connectivity index (χ0) is 13.0. The Balaban J connectivity index is 2.50. The molecule has 1 aromatic heterocycles. The summed E-state index contributed by atoms with van der Waals surface area (Å²) >= 11 is 0. The number of aromatic nitrogens is 1. The Labute approximate surface area is 108 Å². The van der Waals surface area contributed by atoms with Crippen molar-refractivity contribution in [3.8, 4) is 0 Å². The van der Waals surface area contributed by atoms with Gasteiger partial charge in [-0.15, -0.1) is 0 Å². The zero-order valence-corrected chi connectivity index (χ0v) is 11.2. The molecule has 0 aliphatic heterocycles. The summed E-state index contributed by atoms with van der Waals surface area (Å²) in [6.45, 7) is 4.35. The van der Waals surface area contributed by atoms with Crippen molar-refractivity contribution in [1.82, 2.24) is 4.57 Å². The highest BCUT2D eigenvalue weighted by Gasteiger charge is 2.11. The van der Waals surface area contributed by atoms with Gasteiger partial charge in [-0.05, 0) is 30.4 Å². The standard InChI is InChI=1S/C16H21NO/c1-3-7-14(8-4-2)17-12-11-13-9-5-6-10-15(13)16(17)18/h5-6,9-12,14H,3-4,7-8H2,1-2H3. The Morgan fingerprint density at radius 2 is 1.72 bits per heavy atom. The maximum Gasteiger partial charge on any atom is 0.258 e. The molecule has 0 N–H and O–H groups in total. The van der Waals surface area contributed by atoms with Crippen LogP contribution in [0.25, 0.3) is 10.8 Å². The molecule has 0 atom stereocenters. The fourth-order valence-electron chi connectivity index (χ4n) is 2.58. The molecule has 0 radical (unpaired) electrons. The maximum atomic E-state index is 12.5. The number of hydrogen-bond acceptors (Lipinski definition) is 1.